The van der Waals surface area contributed by atoms with Crippen molar-refractivity contribution < 1.29 is 5.11 Å². The highest BCUT2D eigenvalue weighted by molar-refractivity contribution is 4.93. The Morgan fingerprint density at radius 1 is 1.11 bits per heavy atom. The molecule has 0 aromatic heterocycles. The minimum absolute atomic E-state index is 0.326. The maximum absolute atomic E-state index is 9.54. The van der Waals surface area contributed by atoms with Crippen molar-refractivity contribution in [2.24, 2.45) is 0 Å². The summed E-state index contributed by atoms with van der Waals surface area (Å²) >= 11 is 0. The van der Waals surface area contributed by atoms with Crippen molar-refractivity contribution in [1.82, 2.24) is 4.90 Å². The molecule has 0 aromatic rings. The molecule has 2 atom stereocenters. The molecule has 1 aliphatic rings. The van der Waals surface area contributed by atoms with Crippen molar-refractivity contribution >= 4 is 0 Å². The molecular weight excluding hydrogens is 222 g/mol. The first-order valence-electron chi connectivity index (χ1n) is 8.05. The zero-order valence-corrected chi connectivity index (χ0v) is 12.7. The summed E-state index contributed by atoms with van der Waals surface area (Å²) in [5.41, 5.74) is 0.326. The van der Waals surface area contributed by atoms with E-state index in [0.717, 1.165) is 0 Å². The van der Waals surface area contributed by atoms with Crippen molar-refractivity contribution in [3.8, 4) is 0 Å². The summed E-state index contributed by atoms with van der Waals surface area (Å²) in [7, 11) is 0. The maximum Gasteiger partial charge on any atom is 0.0587 e. The summed E-state index contributed by atoms with van der Waals surface area (Å²) in [6.45, 7) is 8.52. The fourth-order valence-electron chi connectivity index (χ4n) is 3.62. The number of aliphatic hydroxyl groups excluding tert-OH is 1. The molecule has 2 nitrogen and oxygen atoms in total. The van der Waals surface area contributed by atoms with Gasteiger partial charge in [-0.15, -0.1) is 0 Å². The molecular formula is C16H33NO. The van der Waals surface area contributed by atoms with Gasteiger partial charge in [0.2, 0.25) is 0 Å². The summed E-state index contributed by atoms with van der Waals surface area (Å²) < 4.78 is 0. The van der Waals surface area contributed by atoms with Gasteiger partial charge in [-0.05, 0) is 39.2 Å². The predicted octanol–water partition coefficient (Wildman–Crippen LogP) is 3.97. The molecule has 1 N–H and O–H groups in total. The number of likely N-dealkylation sites (tertiary alicyclic amines) is 1. The number of unbranched alkanes of at least 4 members (excludes halogenated alkanes) is 3. The first kappa shape index (κ1) is 16.0. The molecule has 0 spiro atoms. The van der Waals surface area contributed by atoms with Gasteiger partial charge in [0.25, 0.3) is 0 Å². The minimum Gasteiger partial charge on any atom is -0.395 e. The van der Waals surface area contributed by atoms with E-state index in [1.807, 2.05) is 0 Å². The standard InChI is InChI=1S/C16H33NO/c1-4-6-7-8-12-16(3,11-5-2)17-13-9-10-15(17)14-18/h15,18H,4-14H2,1-3H3/t15-,16?/m1/s1. The average molecular weight is 255 g/mol. The maximum atomic E-state index is 9.54. The molecule has 1 fully saturated rings. The molecule has 108 valence electrons. The summed E-state index contributed by atoms with van der Waals surface area (Å²) in [6, 6.07) is 0.424. The highest BCUT2D eigenvalue weighted by Crippen LogP contribution is 2.34. The van der Waals surface area contributed by atoms with E-state index in [2.05, 4.69) is 25.7 Å². The molecule has 1 rings (SSSR count). The Kier molecular flexibility index (Phi) is 7.25. The molecule has 18 heavy (non-hydrogen) atoms. The lowest BCUT2D eigenvalue weighted by atomic mass is 9.87. The van der Waals surface area contributed by atoms with Crippen molar-refractivity contribution in [1.29, 1.82) is 0 Å². The average Bonchev–Trinajstić information content (AvgIpc) is 2.84. The van der Waals surface area contributed by atoms with Crippen molar-refractivity contribution in [2.45, 2.75) is 90.1 Å². The third kappa shape index (κ3) is 4.24. The molecule has 2 heteroatoms. The van der Waals surface area contributed by atoms with Crippen LogP contribution >= 0.6 is 0 Å². The van der Waals surface area contributed by atoms with Gasteiger partial charge in [-0.3, -0.25) is 4.90 Å². The highest BCUT2D eigenvalue weighted by Gasteiger charge is 2.37. The lowest BCUT2D eigenvalue weighted by Crippen LogP contribution is -2.50. The molecule has 0 bridgehead atoms. The summed E-state index contributed by atoms with van der Waals surface area (Å²) in [6.07, 6.45) is 11.7. The number of hydrogen-bond acceptors (Lipinski definition) is 2. The number of rotatable bonds is 9. The lowest BCUT2D eigenvalue weighted by molar-refractivity contribution is 0.0423. The van der Waals surface area contributed by atoms with Gasteiger partial charge in [-0.2, -0.15) is 0 Å². The minimum atomic E-state index is 0.326. The third-order valence-corrected chi connectivity index (χ3v) is 4.64. The smallest absolute Gasteiger partial charge is 0.0587 e. The van der Waals surface area contributed by atoms with E-state index < -0.39 is 0 Å². The summed E-state index contributed by atoms with van der Waals surface area (Å²) in [5.74, 6) is 0. The largest absolute Gasteiger partial charge is 0.395 e. The van der Waals surface area contributed by atoms with Gasteiger partial charge in [0.05, 0.1) is 6.61 Å². The van der Waals surface area contributed by atoms with Crippen LogP contribution in [0.25, 0.3) is 0 Å². The Balaban J connectivity index is 2.54. The van der Waals surface area contributed by atoms with Crippen LogP contribution in [0.1, 0.15) is 78.6 Å². The normalized spacial score (nSPS) is 24.3. The van der Waals surface area contributed by atoms with Gasteiger partial charge in [-0.25, -0.2) is 0 Å². The number of nitrogens with zero attached hydrogens (tertiary/aromatic N) is 1. The topological polar surface area (TPSA) is 23.5 Å². The fraction of sp³-hybridized carbons (Fsp3) is 1.00. The van der Waals surface area contributed by atoms with Crippen LogP contribution in [0.4, 0.5) is 0 Å². The molecule has 0 aromatic carbocycles. The fourth-order valence-corrected chi connectivity index (χ4v) is 3.62. The van der Waals surface area contributed by atoms with Crippen LogP contribution in [0, 0.1) is 0 Å². The van der Waals surface area contributed by atoms with E-state index >= 15 is 0 Å². The summed E-state index contributed by atoms with van der Waals surface area (Å²) in [4.78, 5) is 2.61. The lowest BCUT2D eigenvalue weighted by Gasteiger charge is -2.42. The quantitative estimate of drug-likeness (QED) is 0.630. The van der Waals surface area contributed by atoms with Crippen molar-refractivity contribution in [3.05, 3.63) is 0 Å². The second-order valence-electron chi connectivity index (χ2n) is 6.23. The van der Waals surface area contributed by atoms with E-state index in [1.54, 1.807) is 0 Å². The van der Waals surface area contributed by atoms with Crippen LogP contribution in [0.5, 0.6) is 0 Å². The number of aliphatic hydroxyl groups is 1. The molecule has 1 heterocycles. The number of hydrogen-bond donors (Lipinski definition) is 1. The van der Waals surface area contributed by atoms with Gasteiger partial charge in [0, 0.05) is 11.6 Å². The van der Waals surface area contributed by atoms with Crippen LogP contribution in [0.2, 0.25) is 0 Å². The monoisotopic (exact) mass is 255 g/mol. The van der Waals surface area contributed by atoms with Gasteiger partial charge >= 0.3 is 0 Å². The Bertz CT molecular complexity index is 219. The third-order valence-electron chi connectivity index (χ3n) is 4.64. The second kappa shape index (κ2) is 8.16. The van der Waals surface area contributed by atoms with E-state index in [0.29, 0.717) is 18.2 Å². The van der Waals surface area contributed by atoms with Gasteiger partial charge in [0.1, 0.15) is 0 Å². The molecule has 1 aliphatic heterocycles. The Morgan fingerprint density at radius 2 is 1.89 bits per heavy atom. The molecule has 1 unspecified atom stereocenters. The van der Waals surface area contributed by atoms with Crippen LogP contribution in [-0.4, -0.2) is 34.7 Å². The first-order valence-corrected chi connectivity index (χ1v) is 8.05. The second-order valence-corrected chi connectivity index (χ2v) is 6.23. The Morgan fingerprint density at radius 3 is 2.50 bits per heavy atom. The van der Waals surface area contributed by atoms with Crippen molar-refractivity contribution in [2.75, 3.05) is 13.2 Å². The SMILES string of the molecule is CCCCCCC(C)(CCC)N1CCC[C@@H]1CO. The zero-order chi connectivity index (χ0) is 13.4. The Hall–Kier alpha value is -0.0800. The van der Waals surface area contributed by atoms with E-state index in [-0.39, 0.29) is 0 Å². The first-order chi connectivity index (χ1) is 8.68. The molecule has 0 saturated carbocycles. The van der Waals surface area contributed by atoms with Crippen LogP contribution in [-0.2, 0) is 0 Å². The van der Waals surface area contributed by atoms with Gasteiger partial charge in [-0.1, -0.05) is 46.0 Å². The van der Waals surface area contributed by atoms with Crippen LogP contribution in [0.3, 0.4) is 0 Å². The predicted molar refractivity (Wildman–Crippen MR) is 78.9 cm³/mol. The van der Waals surface area contributed by atoms with Crippen molar-refractivity contribution in [3.63, 3.8) is 0 Å². The molecule has 0 radical (unpaired) electrons. The van der Waals surface area contributed by atoms with E-state index in [4.69, 9.17) is 0 Å². The van der Waals surface area contributed by atoms with E-state index in [1.165, 1.54) is 64.3 Å². The van der Waals surface area contributed by atoms with E-state index in [9.17, 15) is 5.11 Å². The highest BCUT2D eigenvalue weighted by atomic mass is 16.3. The molecule has 0 amide bonds. The van der Waals surface area contributed by atoms with Crippen LogP contribution in [0.15, 0.2) is 0 Å². The van der Waals surface area contributed by atoms with Crippen LogP contribution < -0.4 is 0 Å². The summed E-state index contributed by atoms with van der Waals surface area (Å²) in [5, 5.41) is 9.54. The molecule has 1 saturated heterocycles. The zero-order valence-electron chi connectivity index (χ0n) is 12.7. The van der Waals surface area contributed by atoms with Gasteiger partial charge in [0.15, 0.2) is 0 Å². The molecule has 0 aliphatic carbocycles. The Labute approximate surface area is 114 Å². The van der Waals surface area contributed by atoms with Gasteiger partial charge < -0.3 is 5.11 Å².